The number of aliphatic carboxylic acids is 1. The molecule has 2 aromatic rings. The number of hydrogen-bond acceptors (Lipinski definition) is 2. The van der Waals surface area contributed by atoms with E-state index in [0.29, 0.717) is 25.0 Å². The summed E-state index contributed by atoms with van der Waals surface area (Å²) in [6.07, 6.45) is 4.68. The van der Waals surface area contributed by atoms with E-state index in [1.807, 2.05) is 0 Å². The number of aryl methyl sites for hydroxylation is 1. The molecule has 26 heavy (non-hydrogen) atoms. The van der Waals surface area contributed by atoms with Crippen molar-refractivity contribution >= 4 is 17.6 Å². The minimum atomic E-state index is -0.665. The quantitative estimate of drug-likeness (QED) is 0.836. The molecule has 3 aliphatic rings. The number of likely N-dealkylation sites (tertiary alicyclic amines) is 1. The van der Waals surface area contributed by atoms with Crippen LogP contribution in [0.15, 0.2) is 36.4 Å². The molecule has 5 rings (SSSR count). The Morgan fingerprint density at radius 1 is 1.00 bits per heavy atom. The number of hydrogen-bond donors (Lipinski definition) is 1. The normalized spacial score (nSPS) is 22.9. The molecule has 0 spiro atoms. The Balaban J connectivity index is 1.37. The van der Waals surface area contributed by atoms with E-state index in [9.17, 15) is 4.79 Å². The van der Waals surface area contributed by atoms with Gasteiger partial charge in [-0.15, -0.1) is 0 Å². The van der Waals surface area contributed by atoms with Crippen molar-refractivity contribution in [1.29, 1.82) is 0 Å². The highest BCUT2D eigenvalue weighted by molar-refractivity contribution is 6.31. The van der Waals surface area contributed by atoms with Gasteiger partial charge in [-0.1, -0.05) is 41.9 Å². The van der Waals surface area contributed by atoms with E-state index in [0.717, 1.165) is 17.9 Å². The van der Waals surface area contributed by atoms with E-state index >= 15 is 0 Å². The van der Waals surface area contributed by atoms with Crippen LogP contribution in [0.5, 0.6) is 0 Å². The fraction of sp³-hybridized carbons (Fsp3) is 0.409. The van der Waals surface area contributed by atoms with Gasteiger partial charge in [-0.3, -0.25) is 9.69 Å². The highest BCUT2D eigenvalue weighted by Crippen LogP contribution is 2.45. The third-order valence-electron chi connectivity index (χ3n) is 6.24. The largest absolute Gasteiger partial charge is 0.481 e. The van der Waals surface area contributed by atoms with Crippen LogP contribution in [0.4, 0.5) is 0 Å². The molecule has 0 aromatic heterocycles. The Hall–Kier alpha value is -1.84. The predicted octanol–water partition coefficient (Wildman–Crippen LogP) is 4.89. The number of carboxylic acids is 1. The van der Waals surface area contributed by atoms with Gasteiger partial charge in [-0.25, -0.2) is 0 Å². The summed E-state index contributed by atoms with van der Waals surface area (Å²) in [7, 11) is 0. The van der Waals surface area contributed by atoms with E-state index in [1.165, 1.54) is 40.7 Å². The number of benzene rings is 2. The summed E-state index contributed by atoms with van der Waals surface area (Å²) in [6.45, 7) is 1.36. The maximum atomic E-state index is 11.0. The summed E-state index contributed by atoms with van der Waals surface area (Å²) in [6, 6.07) is 13.6. The maximum absolute atomic E-state index is 11.0. The van der Waals surface area contributed by atoms with Crippen LogP contribution in [0.25, 0.3) is 11.1 Å². The van der Waals surface area contributed by atoms with Crippen LogP contribution in [0, 0.1) is 5.92 Å². The van der Waals surface area contributed by atoms with Crippen molar-refractivity contribution < 1.29 is 9.90 Å². The fourth-order valence-corrected chi connectivity index (χ4v) is 4.84. The lowest BCUT2D eigenvalue weighted by molar-refractivity contribution is -0.148. The van der Waals surface area contributed by atoms with Crippen LogP contribution in [-0.4, -0.2) is 29.1 Å². The minimum absolute atomic E-state index is 0.189. The van der Waals surface area contributed by atoms with Crippen LogP contribution in [-0.2, 0) is 11.2 Å². The number of fused-ring (bicyclic) bond motifs is 1. The molecule has 2 fully saturated rings. The Labute approximate surface area is 158 Å². The Morgan fingerprint density at radius 2 is 1.69 bits per heavy atom. The first kappa shape index (κ1) is 16.3. The van der Waals surface area contributed by atoms with E-state index in [1.54, 1.807) is 0 Å². The summed E-state index contributed by atoms with van der Waals surface area (Å²) >= 11 is 6.51. The molecule has 0 amide bonds. The second kappa shape index (κ2) is 6.11. The molecule has 0 unspecified atom stereocenters. The van der Waals surface area contributed by atoms with Crippen molar-refractivity contribution in [2.45, 2.75) is 37.6 Å². The fourth-order valence-electron chi connectivity index (χ4n) is 4.51. The van der Waals surface area contributed by atoms with E-state index in [2.05, 4.69) is 41.3 Å². The molecule has 1 atom stereocenters. The predicted molar refractivity (Wildman–Crippen MR) is 103 cm³/mol. The first-order valence-corrected chi connectivity index (χ1v) is 9.87. The number of halogens is 1. The standard InChI is InChI=1S/C22H22ClNO2/c23-20-10-15(3-6-18(20)13-1-2-13)14-4-7-19-16(9-14)5-8-21(19)24-11-17(12-24)22(25)26/h3-4,6-7,9-10,13,17,21H,1-2,5,8,11-12H2,(H,25,26)/t21-/m0/s1. The van der Waals surface area contributed by atoms with Crippen LogP contribution in [0.2, 0.25) is 5.02 Å². The highest BCUT2D eigenvalue weighted by atomic mass is 35.5. The van der Waals surface area contributed by atoms with Gasteiger partial charge in [-0.05, 0) is 65.5 Å². The van der Waals surface area contributed by atoms with Crippen molar-refractivity contribution in [3.05, 3.63) is 58.1 Å². The molecule has 0 bridgehead atoms. The van der Waals surface area contributed by atoms with Crippen LogP contribution >= 0.6 is 11.6 Å². The lowest BCUT2D eigenvalue weighted by Crippen LogP contribution is -2.51. The second-order valence-corrected chi connectivity index (χ2v) is 8.37. The Kier molecular flexibility index (Phi) is 3.84. The van der Waals surface area contributed by atoms with Crippen LogP contribution in [0.1, 0.15) is 47.9 Å². The van der Waals surface area contributed by atoms with Gasteiger partial charge >= 0.3 is 5.97 Å². The molecule has 3 nitrogen and oxygen atoms in total. The zero-order valence-electron chi connectivity index (χ0n) is 14.6. The third-order valence-corrected chi connectivity index (χ3v) is 6.57. The summed E-state index contributed by atoms with van der Waals surface area (Å²) in [5.74, 6) is -0.185. The highest BCUT2D eigenvalue weighted by Gasteiger charge is 2.39. The lowest BCUT2D eigenvalue weighted by Gasteiger charge is -2.41. The van der Waals surface area contributed by atoms with Gasteiger partial charge in [0.1, 0.15) is 0 Å². The smallest absolute Gasteiger partial charge is 0.309 e. The van der Waals surface area contributed by atoms with E-state index in [-0.39, 0.29) is 5.92 Å². The minimum Gasteiger partial charge on any atom is -0.481 e. The number of carbonyl (C=O) groups is 1. The van der Waals surface area contributed by atoms with Gasteiger partial charge in [0.15, 0.2) is 0 Å². The number of nitrogens with zero attached hydrogens (tertiary/aromatic N) is 1. The molecule has 1 N–H and O–H groups in total. The van der Waals surface area contributed by atoms with E-state index in [4.69, 9.17) is 16.7 Å². The lowest BCUT2D eigenvalue weighted by atomic mass is 9.94. The molecule has 1 saturated heterocycles. The van der Waals surface area contributed by atoms with Gasteiger partial charge in [0, 0.05) is 24.2 Å². The molecule has 4 heteroatoms. The molecular formula is C22H22ClNO2. The summed E-state index contributed by atoms with van der Waals surface area (Å²) in [5, 5.41) is 9.99. The number of rotatable bonds is 4. The first-order valence-electron chi connectivity index (χ1n) is 9.49. The van der Waals surface area contributed by atoms with Gasteiger partial charge in [-0.2, -0.15) is 0 Å². The van der Waals surface area contributed by atoms with Crippen LogP contribution in [0.3, 0.4) is 0 Å². The Bertz CT molecular complexity index is 884. The maximum Gasteiger partial charge on any atom is 0.309 e. The molecule has 1 saturated carbocycles. The molecule has 134 valence electrons. The molecule has 0 radical (unpaired) electrons. The summed E-state index contributed by atoms with van der Waals surface area (Å²) in [5.41, 5.74) is 6.47. The van der Waals surface area contributed by atoms with Crippen LogP contribution < -0.4 is 0 Å². The topological polar surface area (TPSA) is 40.5 Å². The summed E-state index contributed by atoms with van der Waals surface area (Å²) in [4.78, 5) is 13.4. The van der Waals surface area contributed by atoms with E-state index < -0.39 is 5.97 Å². The average Bonchev–Trinajstić information content (AvgIpc) is 3.34. The van der Waals surface area contributed by atoms with Crippen molar-refractivity contribution in [2.24, 2.45) is 5.92 Å². The first-order chi connectivity index (χ1) is 12.6. The second-order valence-electron chi connectivity index (χ2n) is 7.97. The average molecular weight is 368 g/mol. The van der Waals surface area contributed by atoms with Gasteiger partial charge in [0.05, 0.1) is 5.92 Å². The third kappa shape index (κ3) is 2.74. The van der Waals surface area contributed by atoms with Gasteiger partial charge in [0.25, 0.3) is 0 Å². The molecular weight excluding hydrogens is 346 g/mol. The molecule has 1 heterocycles. The molecule has 2 aromatic carbocycles. The monoisotopic (exact) mass is 367 g/mol. The van der Waals surface area contributed by atoms with Crippen molar-refractivity contribution in [3.8, 4) is 11.1 Å². The van der Waals surface area contributed by atoms with Gasteiger partial charge < -0.3 is 5.11 Å². The van der Waals surface area contributed by atoms with Crippen molar-refractivity contribution in [3.63, 3.8) is 0 Å². The van der Waals surface area contributed by atoms with Crippen molar-refractivity contribution in [2.75, 3.05) is 13.1 Å². The molecule has 2 aliphatic carbocycles. The summed E-state index contributed by atoms with van der Waals surface area (Å²) < 4.78 is 0. The zero-order valence-corrected chi connectivity index (χ0v) is 15.4. The SMILES string of the molecule is O=C(O)C1CN([C@H]2CCc3cc(-c4ccc(C5CC5)c(Cl)c4)ccc32)C1. The Morgan fingerprint density at radius 3 is 2.35 bits per heavy atom. The zero-order chi connectivity index (χ0) is 17.8. The van der Waals surface area contributed by atoms with Crippen molar-refractivity contribution in [1.82, 2.24) is 4.90 Å². The van der Waals surface area contributed by atoms with Gasteiger partial charge in [0.2, 0.25) is 0 Å². The molecule has 1 aliphatic heterocycles. The number of carboxylic acid groups (broad SMARTS) is 1.